The zero-order valence-corrected chi connectivity index (χ0v) is 8.81. The van der Waals surface area contributed by atoms with Gasteiger partial charge in [-0.15, -0.1) is 13.2 Å². The molecular weight excluding hydrogens is 253 g/mol. The van der Waals surface area contributed by atoms with Gasteiger partial charge in [0.2, 0.25) is 5.91 Å². The lowest BCUT2D eigenvalue weighted by Gasteiger charge is -2.09. The van der Waals surface area contributed by atoms with Crippen LogP contribution in [0.5, 0.6) is 5.75 Å². The Morgan fingerprint density at radius 1 is 1.39 bits per heavy atom. The van der Waals surface area contributed by atoms with Crippen LogP contribution < -0.4 is 10.1 Å². The van der Waals surface area contributed by atoms with E-state index in [-0.39, 0.29) is 5.69 Å². The summed E-state index contributed by atoms with van der Waals surface area (Å²) in [6, 6.07) is 4.57. The van der Waals surface area contributed by atoms with Gasteiger partial charge in [0.25, 0.3) is 0 Å². The second-order valence-corrected chi connectivity index (χ2v) is 3.01. The lowest BCUT2D eigenvalue weighted by Crippen LogP contribution is -2.17. The van der Waals surface area contributed by atoms with E-state index in [1.807, 2.05) is 0 Å². The number of ether oxygens (including phenoxy) is 1. The Labute approximate surface area is 99.0 Å². The first-order valence-corrected chi connectivity index (χ1v) is 4.57. The van der Waals surface area contributed by atoms with Crippen molar-refractivity contribution < 1.29 is 22.7 Å². The molecule has 0 spiro atoms. The van der Waals surface area contributed by atoms with Crippen molar-refractivity contribution in [1.29, 1.82) is 0 Å². The highest BCUT2D eigenvalue weighted by Crippen LogP contribution is 2.23. The Morgan fingerprint density at radius 2 is 2.00 bits per heavy atom. The monoisotopic (exact) mass is 260 g/mol. The van der Waals surface area contributed by atoms with Gasteiger partial charge in [0.15, 0.2) is 0 Å². The summed E-state index contributed by atoms with van der Waals surface area (Å²) in [6.45, 7) is -0.392. The number of hydrogen-bond donors (Lipinski definition) is 1. The van der Waals surface area contributed by atoms with Crippen LogP contribution in [0.15, 0.2) is 29.4 Å². The molecule has 18 heavy (non-hydrogen) atoms. The average molecular weight is 260 g/mol. The van der Waals surface area contributed by atoms with Crippen molar-refractivity contribution >= 4 is 11.6 Å². The number of azide groups is 1. The molecule has 1 aromatic rings. The number of benzene rings is 1. The van der Waals surface area contributed by atoms with Crippen LogP contribution >= 0.6 is 0 Å². The Bertz CT molecular complexity index is 466. The second kappa shape index (κ2) is 5.78. The smallest absolute Gasteiger partial charge is 0.406 e. The van der Waals surface area contributed by atoms with Crippen molar-refractivity contribution in [1.82, 2.24) is 0 Å². The number of carbonyl (C=O) groups excluding carboxylic acids is 1. The molecule has 0 aliphatic heterocycles. The summed E-state index contributed by atoms with van der Waals surface area (Å²) in [5.74, 6) is -0.965. The third kappa shape index (κ3) is 5.08. The molecule has 0 bridgehead atoms. The predicted molar refractivity (Wildman–Crippen MR) is 55.8 cm³/mol. The molecule has 96 valence electrons. The molecule has 9 heteroatoms. The highest BCUT2D eigenvalue weighted by Gasteiger charge is 2.30. The minimum Gasteiger partial charge on any atom is -0.406 e. The van der Waals surface area contributed by atoms with Gasteiger partial charge in [0.1, 0.15) is 12.3 Å². The Balaban J connectivity index is 2.60. The summed E-state index contributed by atoms with van der Waals surface area (Å²) in [4.78, 5) is 13.5. The van der Waals surface area contributed by atoms with Gasteiger partial charge in [-0.25, -0.2) is 0 Å². The number of anilines is 1. The SMILES string of the molecule is [N-]=[N+]=NCC(=O)Nc1ccc(OC(F)(F)F)cc1. The molecule has 1 rings (SSSR count). The van der Waals surface area contributed by atoms with Crippen LogP contribution in [0.25, 0.3) is 10.4 Å². The molecule has 0 radical (unpaired) electrons. The number of halogens is 3. The molecule has 0 saturated carbocycles. The van der Waals surface area contributed by atoms with E-state index in [4.69, 9.17) is 5.53 Å². The average Bonchev–Trinajstić information content (AvgIpc) is 2.27. The van der Waals surface area contributed by atoms with E-state index in [1.54, 1.807) is 0 Å². The van der Waals surface area contributed by atoms with Crippen LogP contribution in [0.2, 0.25) is 0 Å². The van der Waals surface area contributed by atoms with Gasteiger partial charge in [0.05, 0.1) is 0 Å². The lowest BCUT2D eigenvalue weighted by molar-refractivity contribution is -0.274. The molecule has 0 fully saturated rings. The topological polar surface area (TPSA) is 87.1 Å². The van der Waals surface area contributed by atoms with Gasteiger partial charge >= 0.3 is 6.36 Å². The standard InChI is InChI=1S/C9H7F3N4O2/c10-9(11,12)18-7-3-1-6(2-4-7)15-8(17)5-14-16-13/h1-4H,5H2,(H,15,17). The van der Waals surface area contributed by atoms with E-state index in [0.29, 0.717) is 0 Å². The molecule has 0 atom stereocenters. The minimum absolute atomic E-state index is 0.266. The van der Waals surface area contributed by atoms with Crippen molar-refractivity contribution in [2.24, 2.45) is 5.11 Å². The van der Waals surface area contributed by atoms with Crippen molar-refractivity contribution in [3.63, 3.8) is 0 Å². The zero-order chi connectivity index (χ0) is 13.6. The molecule has 0 heterocycles. The van der Waals surface area contributed by atoms with E-state index in [1.165, 1.54) is 12.1 Å². The molecule has 0 aliphatic carbocycles. The molecule has 6 nitrogen and oxygen atoms in total. The van der Waals surface area contributed by atoms with Crippen molar-refractivity contribution in [3.05, 3.63) is 34.7 Å². The van der Waals surface area contributed by atoms with Crippen LogP contribution in [-0.2, 0) is 4.79 Å². The molecule has 0 saturated heterocycles. The number of nitrogens with zero attached hydrogens (tertiary/aromatic N) is 3. The highest BCUT2D eigenvalue weighted by atomic mass is 19.4. The van der Waals surface area contributed by atoms with Gasteiger partial charge in [0, 0.05) is 10.6 Å². The molecule has 1 aromatic carbocycles. The fraction of sp³-hybridized carbons (Fsp3) is 0.222. The number of hydrogen-bond acceptors (Lipinski definition) is 3. The van der Waals surface area contributed by atoms with Crippen LogP contribution in [0, 0.1) is 0 Å². The van der Waals surface area contributed by atoms with Crippen LogP contribution in [-0.4, -0.2) is 18.8 Å². The van der Waals surface area contributed by atoms with Crippen LogP contribution in [0.4, 0.5) is 18.9 Å². The summed E-state index contributed by atoms with van der Waals surface area (Å²) in [6.07, 6.45) is -4.76. The highest BCUT2D eigenvalue weighted by molar-refractivity contribution is 5.92. The zero-order valence-electron chi connectivity index (χ0n) is 8.81. The van der Waals surface area contributed by atoms with E-state index in [0.717, 1.165) is 12.1 Å². The number of amides is 1. The predicted octanol–water partition coefficient (Wildman–Crippen LogP) is 2.83. The molecule has 0 aliphatic rings. The Hall–Kier alpha value is -2.41. The number of alkyl halides is 3. The summed E-state index contributed by atoms with van der Waals surface area (Å²) in [5.41, 5.74) is 8.25. The van der Waals surface area contributed by atoms with Crippen molar-refractivity contribution in [3.8, 4) is 5.75 Å². The quantitative estimate of drug-likeness (QED) is 0.512. The number of nitrogens with one attached hydrogen (secondary N) is 1. The van der Waals surface area contributed by atoms with Crippen LogP contribution in [0.3, 0.4) is 0 Å². The second-order valence-electron chi connectivity index (χ2n) is 3.01. The third-order valence-corrected chi connectivity index (χ3v) is 1.65. The largest absolute Gasteiger partial charge is 0.573 e. The Kier molecular flexibility index (Phi) is 4.39. The summed E-state index contributed by atoms with van der Waals surface area (Å²) in [7, 11) is 0. The van der Waals surface area contributed by atoms with Crippen molar-refractivity contribution in [2.45, 2.75) is 6.36 Å². The van der Waals surface area contributed by atoms with E-state index >= 15 is 0 Å². The molecular formula is C9H7F3N4O2. The maximum absolute atomic E-state index is 11.9. The summed E-state index contributed by atoms with van der Waals surface area (Å²) >= 11 is 0. The Morgan fingerprint density at radius 3 is 2.50 bits per heavy atom. The van der Waals surface area contributed by atoms with E-state index in [9.17, 15) is 18.0 Å². The van der Waals surface area contributed by atoms with Crippen LogP contribution in [0.1, 0.15) is 0 Å². The first kappa shape index (κ1) is 13.7. The summed E-state index contributed by atoms with van der Waals surface area (Å²) in [5, 5.41) is 5.36. The number of carbonyl (C=O) groups is 1. The molecule has 0 aromatic heterocycles. The molecule has 0 unspecified atom stereocenters. The lowest BCUT2D eigenvalue weighted by atomic mass is 10.3. The van der Waals surface area contributed by atoms with Crippen molar-refractivity contribution in [2.75, 3.05) is 11.9 Å². The van der Waals surface area contributed by atoms with Gasteiger partial charge in [-0.2, -0.15) is 0 Å². The fourth-order valence-electron chi connectivity index (χ4n) is 1.04. The number of rotatable bonds is 4. The summed E-state index contributed by atoms with van der Waals surface area (Å²) < 4.78 is 39.2. The maximum atomic E-state index is 11.9. The third-order valence-electron chi connectivity index (χ3n) is 1.65. The first-order chi connectivity index (χ1) is 8.40. The van der Waals surface area contributed by atoms with Gasteiger partial charge in [-0.3, -0.25) is 4.79 Å². The van der Waals surface area contributed by atoms with E-state index < -0.39 is 24.6 Å². The first-order valence-electron chi connectivity index (χ1n) is 4.57. The van der Waals surface area contributed by atoms with Gasteiger partial charge < -0.3 is 10.1 Å². The fourth-order valence-corrected chi connectivity index (χ4v) is 1.04. The van der Waals surface area contributed by atoms with Gasteiger partial charge in [-0.05, 0) is 29.8 Å². The van der Waals surface area contributed by atoms with E-state index in [2.05, 4.69) is 20.1 Å². The normalized spacial score (nSPS) is 10.4. The molecule has 1 N–H and O–H groups in total. The maximum Gasteiger partial charge on any atom is 0.573 e. The minimum atomic E-state index is -4.76. The molecule has 1 amide bonds. The van der Waals surface area contributed by atoms with Gasteiger partial charge in [-0.1, -0.05) is 5.11 Å².